The average Bonchev–Trinajstić information content (AvgIpc) is 2.28. The molecule has 0 rings (SSSR count). The van der Waals surface area contributed by atoms with Gasteiger partial charge in [-0.1, -0.05) is 6.92 Å². The van der Waals surface area contributed by atoms with Gasteiger partial charge in [0.2, 0.25) is 11.8 Å². The van der Waals surface area contributed by atoms with Crippen LogP contribution in [0.2, 0.25) is 0 Å². The van der Waals surface area contributed by atoms with E-state index in [-0.39, 0.29) is 18.4 Å². The van der Waals surface area contributed by atoms with Gasteiger partial charge in [-0.2, -0.15) is 0 Å². The largest absolute Gasteiger partial charge is 0.358 e. The molecular weight excluding hydrogens is 206 g/mol. The lowest BCUT2D eigenvalue weighted by molar-refractivity contribution is -0.136. The van der Waals surface area contributed by atoms with Gasteiger partial charge in [-0.3, -0.25) is 9.59 Å². The highest BCUT2D eigenvalue weighted by molar-refractivity contribution is 5.84. The van der Waals surface area contributed by atoms with E-state index in [4.69, 9.17) is 5.73 Å². The van der Waals surface area contributed by atoms with Crippen LogP contribution in [0.3, 0.4) is 0 Å². The molecule has 0 unspecified atom stereocenters. The van der Waals surface area contributed by atoms with Crippen molar-refractivity contribution in [2.45, 2.75) is 32.6 Å². The van der Waals surface area contributed by atoms with Crippen LogP contribution in [-0.2, 0) is 9.59 Å². The minimum Gasteiger partial charge on any atom is -0.358 e. The van der Waals surface area contributed by atoms with Crippen molar-refractivity contribution in [3.63, 3.8) is 0 Å². The van der Waals surface area contributed by atoms with Gasteiger partial charge < -0.3 is 16.0 Å². The van der Waals surface area contributed by atoms with E-state index in [1.165, 1.54) is 0 Å². The highest BCUT2D eigenvalue weighted by Crippen LogP contribution is 2.01. The summed E-state index contributed by atoms with van der Waals surface area (Å²) in [4.78, 5) is 24.6. The highest BCUT2D eigenvalue weighted by atomic mass is 16.2. The summed E-state index contributed by atoms with van der Waals surface area (Å²) >= 11 is 0. The van der Waals surface area contributed by atoms with Crippen molar-refractivity contribution >= 4 is 11.8 Å². The van der Waals surface area contributed by atoms with Gasteiger partial charge in [0.05, 0.1) is 6.54 Å². The molecule has 0 aromatic rings. The van der Waals surface area contributed by atoms with Gasteiger partial charge in [0.1, 0.15) is 0 Å². The maximum absolute atomic E-state index is 11.8. The van der Waals surface area contributed by atoms with E-state index >= 15 is 0 Å². The first-order valence-electron chi connectivity index (χ1n) is 5.84. The Morgan fingerprint density at radius 1 is 1.31 bits per heavy atom. The fourth-order valence-corrected chi connectivity index (χ4v) is 1.39. The summed E-state index contributed by atoms with van der Waals surface area (Å²) < 4.78 is 0. The third-order valence-corrected chi connectivity index (χ3v) is 2.30. The molecule has 0 spiro atoms. The van der Waals surface area contributed by atoms with Crippen LogP contribution in [-0.4, -0.2) is 43.4 Å². The van der Waals surface area contributed by atoms with Crippen LogP contribution in [0.1, 0.15) is 32.6 Å². The number of hydrogen-bond acceptors (Lipinski definition) is 3. The monoisotopic (exact) mass is 229 g/mol. The van der Waals surface area contributed by atoms with E-state index < -0.39 is 0 Å². The zero-order chi connectivity index (χ0) is 12.4. The number of carbonyl (C=O) groups is 2. The second-order valence-corrected chi connectivity index (χ2v) is 3.73. The first-order chi connectivity index (χ1) is 7.65. The van der Waals surface area contributed by atoms with Crippen molar-refractivity contribution in [2.24, 2.45) is 5.73 Å². The third kappa shape index (κ3) is 6.40. The van der Waals surface area contributed by atoms with Gasteiger partial charge in [0.25, 0.3) is 0 Å². The molecule has 0 aromatic heterocycles. The van der Waals surface area contributed by atoms with Gasteiger partial charge in [-0.05, 0) is 25.8 Å². The molecule has 5 nitrogen and oxygen atoms in total. The second-order valence-electron chi connectivity index (χ2n) is 3.73. The van der Waals surface area contributed by atoms with Crippen LogP contribution in [0.4, 0.5) is 0 Å². The molecule has 0 saturated carbocycles. The zero-order valence-corrected chi connectivity index (χ0v) is 10.3. The Bertz CT molecular complexity index is 219. The summed E-state index contributed by atoms with van der Waals surface area (Å²) in [5, 5.41) is 2.52. The minimum absolute atomic E-state index is 0.0406. The molecule has 0 heterocycles. The quantitative estimate of drug-likeness (QED) is 0.580. The van der Waals surface area contributed by atoms with Crippen molar-refractivity contribution in [3.8, 4) is 0 Å². The van der Waals surface area contributed by atoms with Gasteiger partial charge in [0.15, 0.2) is 0 Å². The summed E-state index contributed by atoms with van der Waals surface area (Å²) in [6.45, 7) is 3.39. The van der Waals surface area contributed by atoms with E-state index in [1.54, 1.807) is 11.9 Å². The molecule has 16 heavy (non-hydrogen) atoms. The van der Waals surface area contributed by atoms with Crippen molar-refractivity contribution in [1.82, 2.24) is 10.2 Å². The van der Waals surface area contributed by atoms with Crippen LogP contribution in [0.5, 0.6) is 0 Å². The van der Waals surface area contributed by atoms with Crippen LogP contribution in [0.25, 0.3) is 0 Å². The van der Waals surface area contributed by atoms with Crippen LogP contribution < -0.4 is 11.1 Å². The average molecular weight is 229 g/mol. The topological polar surface area (TPSA) is 75.4 Å². The van der Waals surface area contributed by atoms with Crippen molar-refractivity contribution in [2.75, 3.05) is 26.7 Å². The predicted octanol–water partition coefficient (Wildman–Crippen LogP) is 0.100. The molecule has 0 atom stereocenters. The Kier molecular flexibility index (Phi) is 8.52. The SMILES string of the molecule is CCCN(CC(=O)NC)C(=O)CCCCN. The van der Waals surface area contributed by atoms with Gasteiger partial charge in [0, 0.05) is 20.0 Å². The van der Waals surface area contributed by atoms with Crippen LogP contribution in [0.15, 0.2) is 0 Å². The maximum atomic E-state index is 11.8. The Labute approximate surface area is 97.4 Å². The molecule has 0 radical (unpaired) electrons. The Balaban J connectivity index is 4.07. The number of nitrogens with zero attached hydrogens (tertiary/aromatic N) is 1. The lowest BCUT2D eigenvalue weighted by atomic mass is 10.2. The third-order valence-electron chi connectivity index (χ3n) is 2.30. The molecule has 0 bridgehead atoms. The van der Waals surface area contributed by atoms with Gasteiger partial charge in [-0.15, -0.1) is 0 Å². The summed E-state index contributed by atoms with van der Waals surface area (Å²) in [5.41, 5.74) is 5.36. The summed E-state index contributed by atoms with van der Waals surface area (Å²) in [6, 6.07) is 0. The van der Waals surface area contributed by atoms with Crippen LogP contribution in [0, 0.1) is 0 Å². The molecule has 0 saturated heterocycles. The summed E-state index contributed by atoms with van der Waals surface area (Å²) in [7, 11) is 1.57. The van der Waals surface area contributed by atoms with Gasteiger partial charge in [-0.25, -0.2) is 0 Å². The van der Waals surface area contributed by atoms with Crippen molar-refractivity contribution < 1.29 is 9.59 Å². The number of nitrogens with two attached hydrogens (primary N) is 1. The number of likely N-dealkylation sites (N-methyl/N-ethyl adjacent to an activating group) is 1. The van der Waals surface area contributed by atoms with E-state index in [9.17, 15) is 9.59 Å². The van der Waals surface area contributed by atoms with Crippen molar-refractivity contribution in [3.05, 3.63) is 0 Å². The number of hydrogen-bond donors (Lipinski definition) is 2. The standard InChI is InChI=1S/C11H23N3O2/c1-3-8-14(9-10(15)13-2)11(16)6-4-5-7-12/h3-9,12H2,1-2H3,(H,13,15). The lowest BCUT2D eigenvalue weighted by Crippen LogP contribution is -2.40. The van der Waals surface area contributed by atoms with Crippen molar-refractivity contribution in [1.29, 1.82) is 0 Å². The smallest absolute Gasteiger partial charge is 0.239 e. The molecule has 0 aromatic carbocycles. The molecule has 0 fully saturated rings. The molecule has 94 valence electrons. The Hall–Kier alpha value is -1.10. The van der Waals surface area contributed by atoms with E-state index in [1.807, 2.05) is 6.92 Å². The Morgan fingerprint density at radius 2 is 2.00 bits per heavy atom. The first-order valence-corrected chi connectivity index (χ1v) is 5.84. The summed E-state index contributed by atoms with van der Waals surface area (Å²) in [5.74, 6) is -0.0838. The maximum Gasteiger partial charge on any atom is 0.239 e. The number of unbranched alkanes of at least 4 members (excludes halogenated alkanes) is 1. The molecule has 0 aliphatic carbocycles. The number of carbonyl (C=O) groups excluding carboxylic acids is 2. The second kappa shape index (κ2) is 9.15. The molecule has 2 amide bonds. The Morgan fingerprint density at radius 3 is 2.50 bits per heavy atom. The highest BCUT2D eigenvalue weighted by Gasteiger charge is 2.14. The normalized spacial score (nSPS) is 9.94. The van der Waals surface area contributed by atoms with Gasteiger partial charge >= 0.3 is 0 Å². The van der Waals surface area contributed by atoms with E-state index in [0.29, 0.717) is 19.5 Å². The zero-order valence-electron chi connectivity index (χ0n) is 10.3. The lowest BCUT2D eigenvalue weighted by Gasteiger charge is -2.21. The van der Waals surface area contributed by atoms with Crippen LogP contribution >= 0.6 is 0 Å². The molecule has 3 N–H and O–H groups in total. The first kappa shape index (κ1) is 14.9. The number of rotatable bonds is 8. The molecule has 0 aliphatic rings. The number of nitrogens with one attached hydrogen (secondary N) is 1. The number of amides is 2. The van der Waals surface area contributed by atoms with E-state index in [2.05, 4.69) is 5.32 Å². The predicted molar refractivity (Wildman–Crippen MR) is 63.8 cm³/mol. The fourth-order valence-electron chi connectivity index (χ4n) is 1.39. The van der Waals surface area contributed by atoms with E-state index in [0.717, 1.165) is 19.3 Å². The summed E-state index contributed by atoms with van der Waals surface area (Å²) in [6.07, 6.45) is 2.99. The molecule has 5 heteroatoms. The molecule has 0 aliphatic heterocycles. The minimum atomic E-state index is -0.124. The molecular formula is C11H23N3O2. The fraction of sp³-hybridized carbons (Fsp3) is 0.818.